The molecule has 0 amide bonds. The topological polar surface area (TPSA) is 24.5 Å². The van der Waals surface area contributed by atoms with E-state index in [2.05, 4.69) is 34.5 Å². The van der Waals surface area contributed by atoms with Crippen molar-refractivity contribution in [2.45, 2.75) is 19.3 Å². The highest BCUT2D eigenvalue weighted by Gasteiger charge is 2.15. The molecule has 1 aromatic carbocycles. The van der Waals surface area contributed by atoms with E-state index in [1.54, 1.807) is 0 Å². The van der Waals surface area contributed by atoms with E-state index in [1.165, 1.54) is 43.7 Å². The van der Waals surface area contributed by atoms with Crippen molar-refractivity contribution in [3.05, 3.63) is 24.3 Å². The quantitative estimate of drug-likeness (QED) is 0.884. The van der Waals surface area contributed by atoms with Crippen LogP contribution in [-0.2, 0) is 4.74 Å². The summed E-state index contributed by atoms with van der Waals surface area (Å²) >= 11 is 0. The summed E-state index contributed by atoms with van der Waals surface area (Å²) in [6.45, 7) is 5.29. The summed E-state index contributed by atoms with van der Waals surface area (Å²) < 4.78 is 5.40. The zero-order chi connectivity index (χ0) is 12.2. The van der Waals surface area contributed by atoms with Crippen LogP contribution in [0, 0.1) is 5.92 Å². The normalized spacial score (nSPS) is 23.6. The first-order valence-electron chi connectivity index (χ1n) is 7.08. The second-order valence-corrected chi connectivity index (χ2v) is 5.35. The SMILES string of the molecule is c1cc(NCC2CCOC2)cc(N2CCCC2)c1. The maximum Gasteiger partial charge on any atom is 0.0511 e. The molecule has 0 bridgehead atoms. The second-order valence-electron chi connectivity index (χ2n) is 5.35. The van der Waals surface area contributed by atoms with Crippen molar-refractivity contribution < 1.29 is 4.74 Å². The molecule has 0 saturated carbocycles. The molecule has 3 nitrogen and oxygen atoms in total. The third kappa shape index (κ3) is 2.78. The lowest BCUT2D eigenvalue weighted by atomic mass is 10.1. The molecule has 2 heterocycles. The van der Waals surface area contributed by atoms with Crippen LogP contribution in [0.3, 0.4) is 0 Å². The second kappa shape index (κ2) is 5.61. The first kappa shape index (κ1) is 11.8. The number of rotatable bonds is 4. The molecule has 2 aliphatic rings. The molecule has 18 heavy (non-hydrogen) atoms. The Hall–Kier alpha value is -1.22. The van der Waals surface area contributed by atoms with Gasteiger partial charge in [0.05, 0.1) is 6.61 Å². The molecular formula is C15H22N2O. The van der Waals surface area contributed by atoms with E-state index in [-0.39, 0.29) is 0 Å². The summed E-state index contributed by atoms with van der Waals surface area (Å²) in [7, 11) is 0. The fourth-order valence-electron chi connectivity index (χ4n) is 2.79. The Kier molecular flexibility index (Phi) is 3.69. The van der Waals surface area contributed by atoms with E-state index in [9.17, 15) is 0 Å². The summed E-state index contributed by atoms with van der Waals surface area (Å²) in [6, 6.07) is 8.81. The summed E-state index contributed by atoms with van der Waals surface area (Å²) in [5.74, 6) is 0.681. The van der Waals surface area contributed by atoms with Crippen LogP contribution >= 0.6 is 0 Å². The largest absolute Gasteiger partial charge is 0.385 e. The highest BCUT2D eigenvalue weighted by Crippen LogP contribution is 2.23. The van der Waals surface area contributed by atoms with E-state index in [0.717, 1.165) is 19.8 Å². The molecule has 0 aliphatic carbocycles. The van der Waals surface area contributed by atoms with Crippen molar-refractivity contribution in [3.8, 4) is 0 Å². The lowest BCUT2D eigenvalue weighted by Gasteiger charge is -2.19. The minimum Gasteiger partial charge on any atom is -0.385 e. The lowest BCUT2D eigenvalue weighted by molar-refractivity contribution is 0.187. The van der Waals surface area contributed by atoms with Gasteiger partial charge in [0.15, 0.2) is 0 Å². The highest BCUT2D eigenvalue weighted by atomic mass is 16.5. The standard InChI is InChI=1S/C15H22N2O/c1-2-8-17(7-1)15-5-3-4-14(10-15)16-11-13-6-9-18-12-13/h3-5,10,13,16H,1-2,6-9,11-12H2. The number of anilines is 2. The summed E-state index contributed by atoms with van der Waals surface area (Å²) in [5, 5.41) is 3.54. The molecule has 0 radical (unpaired) electrons. The van der Waals surface area contributed by atoms with Crippen molar-refractivity contribution >= 4 is 11.4 Å². The summed E-state index contributed by atoms with van der Waals surface area (Å²) in [4.78, 5) is 2.48. The van der Waals surface area contributed by atoms with Crippen LogP contribution < -0.4 is 10.2 Å². The molecule has 3 heteroatoms. The van der Waals surface area contributed by atoms with Gasteiger partial charge in [0.25, 0.3) is 0 Å². The molecule has 0 aromatic heterocycles. The monoisotopic (exact) mass is 246 g/mol. The van der Waals surface area contributed by atoms with Crippen molar-refractivity contribution in [2.24, 2.45) is 5.92 Å². The Labute approximate surface area is 109 Å². The third-order valence-corrected chi connectivity index (χ3v) is 3.94. The molecule has 1 atom stereocenters. The van der Waals surface area contributed by atoms with Gasteiger partial charge < -0.3 is 15.0 Å². The number of hydrogen-bond acceptors (Lipinski definition) is 3. The van der Waals surface area contributed by atoms with Crippen molar-refractivity contribution in [3.63, 3.8) is 0 Å². The van der Waals surface area contributed by atoms with E-state index in [4.69, 9.17) is 4.74 Å². The average Bonchev–Trinajstić information content (AvgIpc) is 3.10. The molecule has 1 N–H and O–H groups in total. The van der Waals surface area contributed by atoms with Gasteiger partial charge in [0.2, 0.25) is 0 Å². The van der Waals surface area contributed by atoms with Crippen LogP contribution in [-0.4, -0.2) is 32.8 Å². The molecule has 2 saturated heterocycles. The number of nitrogens with one attached hydrogen (secondary N) is 1. The highest BCUT2D eigenvalue weighted by molar-refractivity contribution is 5.58. The summed E-state index contributed by atoms with van der Waals surface area (Å²) in [6.07, 6.45) is 3.85. The van der Waals surface area contributed by atoms with Gasteiger partial charge >= 0.3 is 0 Å². The van der Waals surface area contributed by atoms with E-state index >= 15 is 0 Å². The van der Waals surface area contributed by atoms with Crippen molar-refractivity contribution in [2.75, 3.05) is 43.1 Å². The molecule has 1 unspecified atom stereocenters. The predicted molar refractivity (Wildman–Crippen MR) is 75.3 cm³/mol. The van der Waals surface area contributed by atoms with Crippen LogP contribution in [0.25, 0.3) is 0 Å². The molecule has 1 aromatic rings. The minimum absolute atomic E-state index is 0.681. The molecule has 98 valence electrons. The maximum absolute atomic E-state index is 5.40. The van der Waals surface area contributed by atoms with Crippen LogP contribution in [0.4, 0.5) is 11.4 Å². The molecule has 2 aliphatic heterocycles. The van der Waals surface area contributed by atoms with Gasteiger partial charge in [-0.3, -0.25) is 0 Å². The van der Waals surface area contributed by atoms with Gasteiger partial charge in [-0.05, 0) is 37.5 Å². The zero-order valence-corrected chi connectivity index (χ0v) is 10.9. The van der Waals surface area contributed by atoms with E-state index < -0.39 is 0 Å². The predicted octanol–water partition coefficient (Wildman–Crippen LogP) is 2.74. The number of benzene rings is 1. The third-order valence-electron chi connectivity index (χ3n) is 3.94. The molecular weight excluding hydrogens is 224 g/mol. The fourth-order valence-corrected chi connectivity index (χ4v) is 2.79. The van der Waals surface area contributed by atoms with Gasteiger partial charge in [-0.25, -0.2) is 0 Å². The van der Waals surface area contributed by atoms with Crippen LogP contribution in [0.2, 0.25) is 0 Å². The number of nitrogens with zero attached hydrogens (tertiary/aromatic N) is 1. The Morgan fingerprint density at radius 3 is 2.94 bits per heavy atom. The van der Waals surface area contributed by atoms with Crippen LogP contribution in [0.1, 0.15) is 19.3 Å². The first-order chi connectivity index (χ1) is 8.92. The van der Waals surface area contributed by atoms with Crippen molar-refractivity contribution in [1.29, 1.82) is 0 Å². The van der Waals surface area contributed by atoms with Gasteiger partial charge in [-0.2, -0.15) is 0 Å². The van der Waals surface area contributed by atoms with Crippen LogP contribution in [0.15, 0.2) is 24.3 Å². The van der Waals surface area contributed by atoms with Gasteiger partial charge in [-0.15, -0.1) is 0 Å². The number of ether oxygens (including phenoxy) is 1. The Morgan fingerprint density at radius 1 is 1.28 bits per heavy atom. The Balaban J connectivity index is 1.59. The molecule has 2 fully saturated rings. The van der Waals surface area contributed by atoms with Gasteiger partial charge in [-0.1, -0.05) is 6.07 Å². The zero-order valence-electron chi connectivity index (χ0n) is 10.9. The van der Waals surface area contributed by atoms with Crippen molar-refractivity contribution in [1.82, 2.24) is 0 Å². The molecule has 0 spiro atoms. The first-order valence-corrected chi connectivity index (χ1v) is 7.08. The Morgan fingerprint density at radius 2 is 2.17 bits per heavy atom. The van der Waals surface area contributed by atoms with Gasteiger partial charge in [0, 0.05) is 43.5 Å². The fraction of sp³-hybridized carbons (Fsp3) is 0.600. The van der Waals surface area contributed by atoms with Gasteiger partial charge in [0.1, 0.15) is 0 Å². The smallest absolute Gasteiger partial charge is 0.0511 e. The molecule has 3 rings (SSSR count). The Bertz CT molecular complexity index is 382. The van der Waals surface area contributed by atoms with Crippen LogP contribution in [0.5, 0.6) is 0 Å². The van der Waals surface area contributed by atoms with E-state index in [0.29, 0.717) is 5.92 Å². The maximum atomic E-state index is 5.40. The minimum atomic E-state index is 0.681. The summed E-state index contributed by atoms with van der Waals surface area (Å²) in [5.41, 5.74) is 2.60. The lowest BCUT2D eigenvalue weighted by Crippen LogP contribution is -2.18. The average molecular weight is 246 g/mol. The number of hydrogen-bond donors (Lipinski definition) is 1. The van der Waals surface area contributed by atoms with E-state index in [1.807, 2.05) is 0 Å².